The van der Waals surface area contributed by atoms with Crippen molar-refractivity contribution in [3.05, 3.63) is 0 Å². The minimum atomic E-state index is 0.483. The quantitative estimate of drug-likeness (QED) is 0.751. The molecule has 0 heterocycles. The molecule has 0 saturated heterocycles. The number of rotatable bonds is 3. The summed E-state index contributed by atoms with van der Waals surface area (Å²) >= 11 is 0. The molecule has 0 aromatic heterocycles. The first-order chi connectivity index (χ1) is 9.45. The molecule has 0 spiro atoms. The van der Waals surface area contributed by atoms with E-state index in [1.54, 1.807) is 0 Å². The minimum Gasteiger partial charge on any atom is -0.330 e. The van der Waals surface area contributed by atoms with Crippen LogP contribution in [0.4, 0.5) is 0 Å². The van der Waals surface area contributed by atoms with Crippen molar-refractivity contribution >= 4 is 0 Å². The van der Waals surface area contributed by atoms with E-state index < -0.39 is 0 Å². The molecule has 0 aromatic rings. The summed E-state index contributed by atoms with van der Waals surface area (Å²) < 4.78 is 0. The highest BCUT2D eigenvalue weighted by molar-refractivity contribution is 4.90. The van der Waals surface area contributed by atoms with Gasteiger partial charge >= 0.3 is 0 Å². The molecule has 1 nitrogen and oxygen atoms in total. The van der Waals surface area contributed by atoms with Crippen LogP contribution < -0.4 is 5.73 Å². The topological polar surface area (TPSA) is 26.0 Å². The zero-order valence-corrected chi connectivity index (χ0v) is 14.3. The highest BCUT2D eigenvalue weighted by Crippen LogP contribution is 2.48. The van der Waals surface area contributed by atoms with Gasteiger partial charge in [-0.15, -0.1) is 0 Å². The first kappa shape index (κ1) is 16.3. The zero-order chi connectivity index (χ0) is 14.8. The Labute approximate surface area is 127 Å². The van der Waals surface area contributed by atoms with Gasteiger partial charge in [0.1, 0.15) is 0 Å². The predicted molar refractivity (Wildman–Crippen MR) is 88.6 cm³/mol. The largest absolute Gasteiger partial charge is 0.330 e. The fraction of sp³-hybridized carbons (Fsp3) is 1.00. The molecule has 2 N–H and O–H groups in total. The molecule has 0 bridgehead atoms. The maximum absolute atomic E-state index is 6.12. The smallest absolute Gasteiger partial charge is 0.00461 e. The standard InChI is InChI=1S/C19H37N/c1-5-14-7-6-8-15(11-14)18-12-17(19(2,3)4)10-9-16(18)13-20/h14-18H,5-13,20H2,1-4H3. The van der Waals surface area contributed by atoms with Gasteiger partial charge in [0, 0.05) is 0 Å². The first-order valence-corrected chi connectivity index (χ1v) is 9.15. The van der Waals surface area contributed by atoms with Crippen LogP contribution in [0.1, 0.15) is 79.1 Å². The van der Waals surface area contributed by atoms with Crippen LogP contribution in [0.25, 0.3) is 0 Å². The Morgan fingerprint density at radius 1 is 1.00 bits per heavy atom. The van der Waals surface area contributed by atoms with Gasteiger partial charge in [-0.3, -0.25) is 0 Å². The average molecular weight is 280 g/mol. The average Bonchev–Trinajstić information content (AvgIpc) is 2.45. The van der Waals surface area contributed by atoms with Gasteiger partial charge in [-0.1, -0.05) is 53.4 Å². The summed E-state index contributed by atoms with van der Waals surface area (Å²) in [7, 11) is 0. The molecule has 0 radical (unpaired) electrons. The molecule has 2 aliphatic carbocycles. The Kier molecular flexibility index (Phi) is 5.56. The third-order valence-corrected chi connectivity index (χ3v) is 6.58. The molecule has 20 heavy (non-hydrogen) atoms. The van der Waals surface area contributed by atoms with E-state index in [2.05, 4.69) is 27.7 Å². The van der Waals surface area contributed by atoms with Crippen molar-refractivity contribution < 1.29 is 0 Å². The van der Waals surface area contributed by atoms with Crippen molar-refractivity contribution in [2.75, 3.05) is 6.54 Å². The Hall–Kier alpha value is -0.0400. The van der Waals surface area contributed by atoms with E-state index in [1.807, 2.05) is 0 Å². The lowest BCUT2D eigenvalue weighted by atomic mass is 9.59. The van der Waals surface area contributed by atoms with E-state index >= 15 is 0 Å². The molecule has 0 aromatic carbocycles. The van der Waals surface area contributed by atoms with Crippen LogP contribution in [0.5, 0.6) is 0 Å². The van der Waals surface area contributed by atoms with Crippen LogP contribution in [0.2, 0.25) is 0 Å². The molecule has 0 amide bonds. The lowest BCUT2D eigenvalue weighted by Crippen LogP contribution is -2.39. The number of nitrogens with two attached hydrogens (primary N) is 1. The van der Waals surface area contributed by atoms with Crippen molar-refractivity contribution in [2.45, 2.75) is 79.1 Å². The summed E-state index contributed by atoms with van der Waals surface area (Å²) in [6.45, 7) is 10.6. The van der Waals surface area contributed by atoms with Gasteiger partial charge in [0.2, 0.25) is 0 Å². The van der Waals surface area contributed by atoms with Crippen molar-refractivity contribution in [3.8, 4) is 0 Å². The zero-order valence-electron chi connectivity index (χ0n) is 14.3. The molecule has 2 saturated carbocycles. The van der Waals surface area contributed by atoms with Gasteiger partial charge in [0.15, 0.2) is 0 Å². The third-order valence-electron chi connectivity index (χ3n) is 6.58. The minimum absolute atomic E-state index is 0.483. The van der Waals surface area contributed by atoms with E-state index in [-0.39, 0.29) is 0 Å². The summed E-state index contributed by atoms with van der Waals surface area (Å²) in [6, 6.07) is 0. The van der Waals surface area contributed by atoms with Crippen LogP contribution in [-0.2, 0) is 0 Å². The highest BCUT2D eigenvalue weighted by Gasteiger charge is 2.39. The van der Waals surface area contributed by atoms with Gasteiger partial charge in [0.05, 0.1) is 0 Å². The number of hydrogen-bond acceptors (Lipinski definition) is 1. The molecule has 5 unspecified atom stereocenters. The second-order valence-corrected chi connectivity index (χ2v) is 8.74. The van der Waals surface area contributed by atoms with E-state index in [9.17, 15) is 0 Å². The maximum Gasteiger partial charge on any atom is -0.00461 e. The molecule has 0 aliphatic heterocycles. The van der Waals surface area contributed by atoms with Gasteiger partial charge in [-0.2, -0.15) is 0 Å². The lowest BCUT2D eigenvalue weighted by Gasteiger charge is -2.46. The van der Waals surface area contributed by atoms with Gasteiger partial charge < -0.3 is 5.73 Å². The van der Waals surface area contributed by atoms with Crippen molar-refractivity contribution in [1.29, 1.82) is 0 Å². The van der Waals surface area contributed by atoms with Crippen molar-refractivity contribution in [2.24, 2.45) is 40.7 Å². The second kappa shape index (κ2) is 6.81. The summed E-state index contributed by atoms with van der Waals surface area (Å²) in [5.41, 5.74) is 6.60. The van der Waals surface area contributed by atoms with Gasteiger partial charge in [-0.05, 0) is 67.2 Å². The Morgan fingerprint density at radius 2 is 1.75 bits per heavy atom. The van der Waals surface area contributed by atoms with Crippen LogP contribution >= 0.6 is 0 Å². The lowest BCUT2D eigenvalue weighted by molar-refractivity contribution is 0.0444. The molecule has 2 fully saturated rings. The summed E-state index contributed by atoms with van der Waals surface area (Å²) in [6.07, 6.45) is 11.6. The Bertz CT molecular complexity index is 291. The molecule has 118 valence electrons. The molecule has 2 rings (SSSR count). The normalized spacial score (nSPS) is 39.8. The summed E-state index contributed by atoms with van der Waals surface area (Å²) in [4.78, 5) is 0. The van der Waals surface area contributed by atoms with E-state index in [4.69, 9.17) is 5.73 Å². The van der Waals surface area contributed by atoms with Crippen LogP contribution in [0.3, 0.4) is 0 Å². The second-order valence-electron chi connectivity index (χ2n) is 8.74. The first-order valence-electron chi connectivity index (χ1n) is 9.15. The molecule has 5 atom stereocenters. The predicted octanol–water partition coefficient (Wildman–Crippen LogP) is 5.24. The van der Waals surface area contributed by atoms with Crippen LogP contribution in [0.15, 0.2) is 0 Å². The summed E-state index contributed by atoms with van der Waals surface area (Å²) in [5, 5.41) is 0. The molecule has 2 aliphatic rings. The van der Waals surface area contributed by atoms with Gasteiger partial charge in [-0.25, -0.2) is 0 Å². The SMILES string of the molecule is CCC1CCCC(C2CC(C(C)(C)C)CCC2CN)C1. The third kappa shape index (κ3) is 3.78. The van der Waals surface area contributed by atoms with Crippen LogP contribution in [-0.4, -0.2) is 6.54 Å². The summed E-state index contributed by atoms with van der Waals surface area (Å²) in [5.74, 6) is 4.63. The molecule has 1 heteroatoms. The van der Waals surface area contributed by atoms with E-state index in [1.165, 1.54) is 51.4 Å². The molecular weight excluding hydrogens is 242 g/mol. The Balaban J connectivity index is 2.04. The monoisotopic (exact) mass is 279 g/mol. The fourth-order valence-corrected chi connectivity index (χ4v) is 5.02. The fourth-order valence-electron chi connectivity index (χ4n) is 5.02. The highest BCUT2D eigenvalue weighted by atomic mass is 14.6. The van der Waals surface area contributed by atoms with E-state index in [0.29, 0.717) is 5.41 Å². The Morgan fingerprint density at radius 3 is 2.35 bits per heavy atom. The van der Waals surface area contributed by atoms with Crippen LogP contribution in [0, 0.1) is 35.0 Å². The van der Waals surface area contributed by atoms with Crippen molar-refractivity contribution in [1.82, 2.24) is 0 Å². The van der Waals surface area contributed by atoms with E-state index in [0.717, 1.165) is 36.1 Å². The van der Waals surface area contributed by atoms with Gasteiger partial charge in [0.25, 0.3) is 0 Å². The number of hydrogen-bond donors (Lipinski definition) is 1. The van der Waals surface area contributed by atoms with Crippen molar-refractivity contribution in [3.63, 3.8) is 0 Å². The molecular formula is C19H37N. The maximum atomic E-state index is 6.12.